The summed E-state index contributed by atoms with van der Waals surface area (Å²) in [6.45, 7) is 4.30. The van der Waals surface area contributed by atoms with Gasteiger partial charge >= 0.3 is 0 Å². The van der Waals surface area contributed by atoms with Crippen LogP contribution in [0.4, 0.5) is 10.5 Å². The molecule has 0 aliphatic carbocycles. The summed E-state index contributed by atoms with van der Waals surface area (Å²) in [5.41, 5.74) is 2.86. The van der Waals surface area contributed by atoms with Gasteiger partial charge in [0.25, 0.3) is 5.24 Å². The van der Waals surface area contributed by atoms with Crippen LogP contribution in [0.2, 0.25) is 0 Å². The molecule has 0 saturated carbocycles. The molecule has 0 radical (unpaired) electrons. The van der Waals surface area contributed by atoms with Crippen LogP contribution in [-0.2, 0) is 4.79 Å². The van der Waals surface area contributed by atoms with Gasteiger partial charge in [0, 0.05) is 25.1 Å². The Morgan fingerprint density at radius 1 is 1.04 bits per heavy atom. The lowest BCUT2D eigenvalue weighted by atomic mass is 10.0. The van der Waals surface area contributed by atoms with E-state index >= 15 is 0 Å². The van der Waals surface area contributed by atoms with E-state index in [-0.39, 0.29) is 11.1 Å². The number of para-hydroxylation sites is 1. The van der Waals surface area contributed by atoms with Gasteiger partial charge < -0.3 is 10.2 Å². The average molecular weight is 369 g/mol. The molecule has 2 amide bonds. The third-order valence-electron chi connectivity index (χ3n) is 3.74. The zero-order chi connectivity index (χ0) is 19.1. The monoisotopic (exact) mass is 368 g/mol. The normalized spacial score (nSPS) is 11.0. The average Bonchev–Trinajstić information content (AvgIpc) is 2.61. The maximum absolute atomic E-state index is 12.2. The van der Waals surface area contributed by atoms with Gasteiger partial charge in [-0.05, 0) is 47.0 Å². The van der Waals surface area contributed by atoms with Gasteiger partial charge in [-0.15, -0.1) is 0 Å². The predicted molar refractivity (Wildman–Crippen MR) is 110 cm³/mol. The Labute approximate surface area is 159 Å². The fourth-order valence-electron chi connectivity index (χ4n) is 2.18. The second-order valence-corrected chi connectivity index (χ2v) is 7.40. The molecule has 0 aliphatic heterocycles. The molecule has 1 N–H and O–H groups in total. The summed E-state index contributed by atoms with van der Waals surface area (Å²) in [7, 11) is 3.40. The maximum atomic E-state index is 12.2. The van der Waals surface area contributed by atoms with Crippen molar-refractivity contribution in [3.05, 3.63) is 65.7 Å². The van der Waals surface area contributed by atoms with Crippen molar-refractivity contribution in [2.75, 3.05) is 19.4 Å². The van der Waals surface area contributed by atoms with Crippen LogP contribution in [0, 0.1) is 0 Å². The molecule has 0 aliphatic rings. The van der Waals surface area contributed by atoms with E-state index in [1.807, 2.05) is 30.3 Å². The molecular formula is C21H24N2O2S. The topological polar surface area (TPSA) is 49.4 Å². The van der Waals surface area contributed by atoms with E-state index in [1.54, 1.807) is 26.2 Å². The minimum atomic E-state index is -0.233. The van der Waals surface area contributed by atoms with Crippen molar-refractivity contribution >= 4 is 34.7 Å². The Morgan fingerprint density at radius 2 is 1.69 bits per heavy atom. The lowest BCUT2D eigenvalue weighted by Gasteiger charge is -2.12. The van der Waals surface area contributed by atoms with Gasteiger partial charge in [-0.2, -0.15) is 0 Å². The van der Waals surface area contributed by atoms with E-state index in [0.717, 1.165) is 17.3 Å². The summed E-state index contributed by atoms with van der Waals surface area (Å²) in [5.74, 6) is 0.249. The zero-order valence-electron chi connectivity index (χ0n) is 15.5. The van der Waals surface area contributed by atoms with Crippen molar-refractivity contribution in [1.29, 1.82) is 0 Å². The number of anilines is 1. The second kappa shape index (κ2) is 9.25. The Morgan fingerprint density at radius 3 is 2.31 bits per heavy atom. The van der Waals surface area contributed by atoms with Crippen LogP contribution in [0.3, 0.4) is 0 Å². The molecule has 4 nitrogen and oxygen atoms in total. The molecule has 0 spiro atoms. The predicted octanol–water partition coefficient (Wildman–Crippen LogP) is 5.24. The first-order valence-corrected chi connectivity index (χ1v) is 9.25. The molecule has 0 atom stereocenters. The van der Waals surface area contributed by atoms with Crippen molar-refractivity contribution in [2.45, 2.75) is 24.7 Å². The summed E-state index contributed by atoms with van der Waals surface area (Å²) in [4.78, 5) is 26.3. The van der Waals surface area contributed by atoms with E-state index in [2.05, 4.69) is 31.3 Å². The fraction of sp³-hybridized carbons (Fsp3) is 0.238. The summed E-state index contributed by atoms with van der Waals surface area (Å²) in [6, 6.07) is 15.4. The maximum Gasteiger partial charge on any atom is 0.286 e. The first kappa shape index (κ1) is 19.8. The highest BCUT2D eigenvalue weighted by Crippen LogP contribution is 2.28. The Balaban J connectivity index is 2.04. The molecule has 0 saturated heterocycles. The van der Waals surface area contributed by atoms with Crippen LogP contribution >= 0.6 is 11.8 Å². The minimum absolute atomic E-state index is 0.0903. The summed E-state index contributed by atoms with van der Waals surface area (Å²) >= 11 is 1.09. The van der Waals surface area contributed by atoms with E-state index in [4.69, 9.17) is 0 Å². The number of hydrogen-bond donors (Lipinski definition) is 1. The van der Waals surface area contributed by atoms with Crippen LogP contribution in [-0.4, -0.2) is 30.1 Å². The molecule has 0 fully saturated rings. The molecule has 5 heteroatoms. The number of hydrogen-bond acceptors (Lipinski definition) is 3. The highest BCUT2D eigenvalue weighted by atomic mass is 32.2. The van der Waals surface area contributed by atoms with Crippen molar-refractivity contribution < 1.29 is 9.59 Å². The minimum Gasteiger partial charge on any atom is -0.339 e. The van der Waals surface area contributed by atoms with Crippen LogP contribution in [0.15, 0.2) is 59.5 Å². The second-order valence-electron chi connectivity index (χ2n) is 6.40. The molecule has 2 aromatic carbocycles. The Bertz CT molecular complexity index is 796. The number of nitrogens with zero attached hydrogens (tertiary/aromatic N) is 1. The first-order chi connectivity index (χ1) is 12.4. The fourth-order valence-corrected chi connectivity index (χ4v) is 2.93. The lowest BCUT2D eigenvalue weighted by Crippen LogP contribution is -2.16. The van der Waals surface area contributed by atoms with Crippen LogP contribution in [0.25, 0.3) is 6.08 Å². The van der Waals surface area contributed by atoms with Gasteiger partial charge in [0.2, 0.25) is 5.91 Å². The van der Waals surface area contributed by atoms with Gasteiger partial charge in [-0.3, -0.25) is 9.59 Å². The molecule has 2 rings (SSSR count). The van der Waals surface area contributed by atoms with Gasteiger partial charge in [-0.25, -0.2) is 0 Å². The van der Waals surface area contributed by atoms with E-state index in [0.29, 0.717) is 16.5 Å². The SMILES string of the molecule is CC(C)c1ccc(/C=C/C(=O)Nc2ccccc2SC(=O)N(C)C)cc1. The van der Waals surface area contributed by atoms with Gasteiger partial charge in [-0.1, -0.05) is 50.2 Å². The van der Waals surface area contributed by atoms with Gasteiger partial charge in [0.05, 0.1) is 5.69 Å². The van der Waals surface area contributed by atoms with Crippen molar-refractivity contribution in [2.24, 2.45) is 0 Å². The van der Waals surface area contributed by atoms with E-state index in [1.165, 1.54) is 16.5 Å². The Hall–Kier alpha value is -2.53. The number of thioether (sulfide) groups is 1. The van der Waals surface area contributed by atoms with Crippen molar-refractivity contribution in [3.8, 4) is 0 Å². The number of carbonyl (C=O) groups excluding carboxylic acids is 2. The third-order valence-corrected chi connectivity index (χ3v) is 4.85. The molecular weight excluding hydrogens is 344 g/mol. The standard InChI is InChI=1S/C21H24N2O2S/c1-15(2)17-12-9-16(10-13-17)11-14-20(24)22-18-7-5-6-8-19(18)26-21(25)23(3)4/h5-15H,1-4H3,(H,22,24)/b14-11+. The third kappa shape index (κ3) is 5.77. The number of nitrogens with one attached hydrogen (secondary N) is 1. The largest absolute Gasteiger partial charge is 0.339 e. The lowest BCUT2D eigenvalue weighted by molar-refractivity contribution is -0.111. The van der Waals surface area contributed by atoms with Crippen LogP contribution in [0.1, 0.15) is 30.9 Å². The molecule has 136 valence electrons. The highest BCUT2D eigenvalue weighted by Gasteiger charge is 2.11. The summed E-state index contributed by atoms with van der Waals surface area (Å²) < 4.78 is 0. The Kier molecular flexibility index (Phi) is 7.04. The van der Waals surface area contributed by atoms with Gasteiger partial charge in [0.1, 0.15) is 0 Å². The van der Waals surface area contributed by atoms with Crippen LogP contribution < -0.4 is 5.32 Å². The quantitative estimate of drug-likeness (QED) is 0.580. The number of rotatable bonds is 5. The summed E-state index contributed by atoms with van der Waals surface area (Å²) in [5, 5.41) is 2.75. The number of amides is 2. The highest BCUT2D eigenvalue weighted by molar-refractivity contribution is 8.13. The van der Waals surface area contributed by atoms with Crippen molar-refractivity contribution in [1.82, 2.24) is 4.90 Å². The smallest absolute Gasteiger partial charge is 0.286 e. The molecule has 0 bridgehead atoms. The van der Waals surface area contributed by atoms with E-state index in [9.17, 15) is 9.59 Å². The number of carbonyl (C=O) groups is 2. The molecule has 0 aromatic heterocycles. The van der Waals surface area contributed by atoms with E-state index < -0.39 is 0 Å². The number of benzene rings is 2. The first-order valence-electron chi connectivity index (χ1n) is 8.44. The van der Waals surface area contributed by atoms with Gasteiger partial charge in [0.15, 0.2) is 0 Å². The zero-order valence-corrected chi connectivity index (χ0v) is 16.3. The molecule has 26 heavy (non-hydrogen) atoms. The van der Waals surface area contributed by atoms with Crippen LogP contribution in [0.5, 0.6) is 0 Å². The molecule has 0 heterocycles. The summed E-state index contributed by atoms with van der Waals surface area (Å²) in [6.07, 6.45) is 3.28. The molecule has 2 aromatic rings. The molecule has 0 unspecified atom stereocenters. The van der Waals surface area contributed by atoms with Crippen molar-refractivity contribution in [3.63, 3.8) is 0 Å².